The van der Waals surface area contributed by atoms with Crippen molar-refractivity contribution in [3.8, 4) is 0 Å². The molecule has 0 aliphatic heterocycles. The fourth-order valence-corrected chi connectivity index (χ4v) is 1.80. The molecule has 0 saturated carbocycles. The molecule has 10 heteroatoms. The van der Waals surface area contributed by atoms with Gasteiger partial charge in [0.05, 0.1) is 17.3 Å². The van der Waals surface area contributed by atoms with Crippen LogP contribution in [0.5, 0.6) is 0 Å². The summed E-state index contributed by atoms with van der Waals surface area (Å²) in [6, 6.07) is 0. The van der Waals surface area contributed by atoms with Crippen molar-refractivity contribution in [1.29, 1.82) is 0 Å². The van der Waals surface area contributed by atoms with E-state index in [1.807, 2.05) is 0 Å². The van der Waals surface area contributed by atoms with Crippen molar-refractivity contribution >= 4 is 39.0 Å². The lowest BCUT2D eigenvalue weighted by Crippen LogP contribution is -2.13. The number of aromatic nitrogens is 3. The minimum atomic E-state index is -0.591. The summed E-state index contributed by atoms with van der Waals surface area (Å²) in [5.41, 5.74) is 0.000327. The van der Waals surface area contributed by atoms with E-state index in [1.165, 1.54) is 12.4 Å². The predicted molar refractivity (Wildman–Crippen MR) is 63.8 cm³/mol. The lowest BCUT2D eigenvalue weighted by molar-refractivity contribution is -0.380. The van der Waals surface area contributed by atoms with Crippen molar-refractivity contribution < 1.29 is 9.72 Å². The summed E-state index contributed by atoms with van der Waals surface area (Å²) in [7, 11) is 0. The van der Waals surface area contributed by atoms with Crippen LogP contribution in [0.2, 0.25) is 5.15 Å². The van der Waals surface area contributed by atoms with Crippen molar-refractivity contribution in [2.24, 2.45) is 0 Å². The molecule has 1 amide bonds. The number of halogens is 1. The summed E-state index contributed by atoms with van der Waals surface area (Å²) in [6.07, 6.45) is 3.57. The van der Waals surface area contributed by atoms with Crippen LogP contribution in [-0.4, -0.2) is 25.8 Å². The van der Waals surface area contributed by atoms with Crippen LogP contribution in [0.1, 0.15) is 10.5 Å². The summed E-state index contributed by atoms with van der Waals surface area (Å²) < 4.78 is 0. The first kappa shape index (κ1) is 12.3. The van der Waals surface area contributed by atoms with Crippen LogP contribution in [0.25, 0.3) is 0 Å². The second-order valence-electron chi connectivity index (χ2n) is 2.94. The van der Waals surface area contributed by atoms with E-state index in [2.05, 4.69) is 20.3 Å². The molecular formula is C8H4ClN5O3S. The highest BCUT2D eigenvalue weighted by Gasteiger charge is 2.15. The molecule has 2 aromatic heterocycles. The number of nitro groups is 1. The molecule has 0 unspecified atom stereocenters. The quantitative estimate of drug-likeness (QED) is 0.679. The number of hydrogen-bond acceptors (Lipinski definition) is 7. The summed E-state index contributed by atoms with van der Waals surface area (Å²) >= 11 is 6.33. The van der Waals surface area contributed by atoms with Gasteiger partial charge in [-0.05, 0) is 11.3 Å². The number of nitrogens with one attached hydrogen (secondary N) is 1. The Balaban J connectivity index is 2.13. The van der Waals surface area contributed by atoms with E-state index in [4.69, 9.17) is 11.6 Å². The van der Waals surface area contributed by atoms with Crippen LogP contribution >= 0.6 is 22.9 Å². The van der Waals surface area contributed by atoms with Gasteiger partial charge >= 0.3 is 5.00 Å². The molecule has 0 aromatic carbocycles. The van der Waals surface area contributed by atoms with E-state index in [0.717, 1.165) is 17.5 Å². The lowest BCUT2D eigenvalue weighted by atomic mass is 10.4. The topological polar surface area (TPSA) is 111 Å². The van der Waals surface area contributed by atoms with E-state index < -0.39 is 10.8 Å². The molecule has 18 heavy (non-hydrogen) atoms. The molecule has 8 nitrogen and oxygen atoms in total. The molecule has 0 radical (unpaired) electrons. The van der Waals surface area contributed by atoms with E-state index in [1.54, 1.807) is 0 Å². The standard InChI is InChI=1S/C8H4ClN5O3S/c9-5-2-10-1-4(12-5)7(15)13-8-11-3-6(18-8)14(16)17/h1-3H,(H,11,13,15). The molecule has 0 saturated heterocycles. The second-order valence-corrected chi connectivity index (χ2v) is 4.34. The van der Waals surface area contributed by atoms with Gasteiger partial charge < -0.3 is 0 Å². The maximum atomic E-state index is 11.7. The van der Waals surface area contributed by atoms with Crippen LogP contribution in [0.15, 0.2) is 18.6 Å². The Bertz CT molecular complexity index is 616. The van der Waals surface area contributed by atoms with Crippen LogP contribution < -0.4 is 5.32 Å². The van der Waals surface area contributed by atoms with Crippen molar-refractivity contribution in [1.82, 2.24) is 15.0 Å². The third-order valence-electron chi connectivity index (χ3n) is 1.73. The lowest BCUT2D eigenvalue weighted by Gasteiger charge is -1.99. The molecule has 2 rings (SSSR count). The van der Waals surface area contributed by atoms with Gasteiger partial charge in [0.1, 0.15) is 17.0 Å². The third-order valence-corrected chi connectivity index (χ3v) is 2.78. The average molecular weight is 286 g/mol. The maximum Gasteiger partial charge on any atom is 0.345 e. The molecule has 0 atom stereocenters. The van der Waals surface area contributed by atoms with E-state index in [0.29, 0.717) is 0 Å². The third kappa shape index (κ3) is 2.76. The molecule has 0 aliphatic carbocycles. The highest BCUT2D eigenvalue weighted by molar-refractivity contribution is 7.18. The minimum Gasteiger partial charge on any atom is -0.296 e. The van der Waals surface area contributed by atoms with Crippen LogP contribution in [0.4, 0.5) is 10.1 Å². The zero-order valence-corrected chi connectivity index (χ0v) is 10.1. The van der Waals surface area contributed by atoms with Gasteiger partial charge in [-0.15, -0.1) is 0 Å². The Morgan fingerprint density at radius 2 is 2.22 bits per heavy atom. The molecular weight excluding hydrogens is 282 g/mol. The number of thiazole rings is 1. The van der Waals surface area contributed by atoms with Crippen molar-refractivity contribution in [3.63, 3.8) is 0 Å². The zero-order chi connectivity index (χ0) is 13.1. The first-order valence-corrected chi connectivity index (χ1v) is 5.65. The van der Waals surface area contributed by atoms with Crippen LogP contribution in [0, 0.1) is 10.1 Å². The van der Waals surface area contributed by atoms with Gasteiger partial charge in [0.15, 0.2) is 5.13 Å². The number of carbonyl (C=O) groups excluding carboxylic acids is 1. The largest absolute Gasteiger partial charge is 0.345 e. The normalized spacial score (nSPS) is 10.1. The second kappa shape index (κ2) is 5.02. The van der Waals surface area contributed by atoms with Crippen LogP contribution in [0.3, 0.4) is 0 Å². The average Bonchev–Trinajstić information content (AvgIpc) is 2.77. The number of hydrogen-bond donors (Lipinski definition) is 1. The Labute approximate surface area is 109 Å². The van der Waals surface area contributed by atoms with Gasteiger partial charge in [-0.1, -0.05) is 11.6 Å². The van der Waals surface area contributed by atoms with Crippen molar-refractivity contribution in [2.45, 2.75) is 0 Å². The van der Waals surface area contributed by atoms with Gasteiger partial charge in [-0.25, -0.2) is 9.97 Å². The molecule has 2 aromatic rings. The van der Waals surface area contributed by atoms with Gasteiger partial charge in [0.2, 0.25) is 0 Å². The Morgan fingerprint density at radius 3 is 2.83 bits per heavy atom. The fraction of sp³-hybridized carbons (Fsp3) is 0. The SMILES string of the molecule is O=C(Nc1ncc([N+](=O)[O-])s1)c1cncc(Cl)n1. The zero-order valence-electron chi connectivity index (χ0n) is 8.53. The summed E-state index contributed by atoms with van der Waals surface area (Å²) in [5.74, 6) is -0.589. The number of rotatable bonds is 3. The van der Waals surface area contributed by atoms with Gasteiger partial charge in [-0.3, -0.25) is 25.2 Å². The Morgan fingerprint density at radius 1 is 1.44 bits per heavy atom. The minimum absolute atomic E-state index is 0.000327. The van der Waals surface area contributed by atoms with Crippen molar-refractivity contribution in [2.75, 3.05) is 5.32 Å². The Kier molecular flexibility index (Phi) is 3.44. The van der Waals surface area contributed by atoms with Crippen molar-refractivity contribution in [3.05, 3.63) is 39.6 Å². The number of amides is 1. The van der Waals surface area contributed by atoms with E-state index >= 15 is 0 Å². The molecule has 0 bridgehead atoms. The molecule has 0 spiro atoms. The summed E-state index contributed by atoms with van der Waals surface area (Å²) in [6.45, 7) is 0. The van der Waals surface area contributed by atoms with Gasteiger partial charge in [-0.2, -0.15) is 0 Å². The van der Waals surface area contributed by atoms with E-state index in [-0.39, 0.29) is 21.0 Å². The smallest absolute Gasteiger partial charge is 0.296 e. The predicted octanol–water partition coefficient (Wildman–Crippen LogP) is 1.75. The molecule has 0 aliphatic rings. The first-order valence-electron chi connectivity index (χ1n) is 4.45. The number of anilines is 1. The van der Waals surface area contributed by atoms with E-state index in [9.17, 15) is 14.9 Å². The monoisotopic (exact) mass is 285 g/mol. The Hall–Kier alpha value is -2.13. The summed E-state index contributed by atoms with van der Waals surface area (Å²) in [5, 5.41) is 12.8. The molecule has 1 N–H and O–H groups in total. The highest BCUT2D eigenvalue weighted by atomic mass is 35.5. The van der Waals surface area contributed by atoms with Gasteiger partial charge in [0.25, 0.3) is 5.91 Å². The number of carbonyl (C=O) groups is 1. The summed E-state index contributed by atoms with van der Waals surface area (Å²) in [4.78, 5) is 32.7. The first-order chi connectivity index (χ1) is 8.56. The maximum absolute atomic E-state index is 11.7. The number of nitrogens with zero attached hydrogens (tertiary/aromatic N) is 4. The highest BCUT2D eigenvalue weighted by Crippen LogP contribution is 2.25. The van der Waals surface area contributed by atoms with Crippen LogP contribution in [-0.2, 0) is 0 Å². The molecule has 0 fully saturated rings. The molecule has 2 heterocycles. The molecule has 92 valence electrons. The fourth-order valence-electron chi connectivity index (χ4n) is 1.02. The van der Waals surface area contributed by atoms with Gasteiger partial charge in [0, 0.05) is 0 Å².